The zero-order valence-corrected chi connectivity index (χ0v) is 27.1. The number of amides is 1. The van der Waals surface area contributed by atoms with E-state index < -0.39 is 53.3 Å². The van der Waals surface area contributed by atoms with Gasteiger partial charge in [-0.1, -0.05) is 53.1 Å². The Morgan fingerprint density at radius 1 is 0.841 bits per heavy atom. The van der Waals surface area contributed by atoms with Crippen LogP contribution in [0.5, 0.6) is 0 Å². The number of phosphoric acid groups is 1. The summed E-state index contributed by atoms with van der Waals surface area (Å²) in [4.78, 5) is 50.4. The number of anilines is 3. The van der Waals surface area contributed by atoms with Crippen molar-refractivity contribution < 1.29 is 36.8 Å². The zero-order chi connectivity index (χ0) is 33.3. The maximum atomic E-state index is 14.7. The number of fused-ring (bicyclic) bond motifs is 1. The maximum Gasteiger partial charge on any atom is 0.471 e. The lowest BCUT2D eigenvalue weighted by atomic mass is 9.67. The molecule has 0 unspecified atom stereocenters. The summed E-state index contributed by atoms with van der Waals surface area (Å²) in [5, 5.41) is -0.297. The van der Waals surface area contributed by atoms with Gasteiger partial charge in [-0.05, 0) is 44.2 Å². The van der Waals surface area contributed by atoms with Crippen LogP contribution >= 0.6 is 19.4 Å². The van der Waals surface area contributed by atoms with Gasteiger partial charge in [0, 0.05) is 33.8 Å². The smallest absolute Gasteiger partial charge is 0.322 e. The van der Waals surface area contributed by atoms with Crippen molar-refractivity contribution in [2.24, 2.45) is 10.8 Å². The van der Waals surface area contributed by atoms with Crippen molar-refractivity contribution in [3.8, 4) is 0 Å². The normalized spacial score (nSPS) is 14.7. The van der Waals surface area contributed by atoms with Crippen LogP contribution in [0.3, 0.4) is 0 Å². The number of carbonyl (C=O) groups excluding carboxylic acids is 1. The first-order valence-electron chi connectivity index (χ1n) is 13.6. The third kappa shape index (κ3) is 5.47. The molecule has 1 aliphatic heterocycles. The highest BCUT2D eigenvalue weighted by Crippen LogP contribution is 2.58. The highest BCUT2D eigenvalue weighted by Gasteiger charge is 2.58. The summed E-state index contributed by atoms with van der Waals surface area (Å²) in [5.41, 5.74) is -4.58. The fourth-order valence-corrected chi connectivity index (χ4v) is 7.40. The third-order valence-electron chi connectivity index (χ3n) is 7.89. The lowest BCUT2D eigenvalue weighted by Gasteiger charge is -2.54. The number of pyridine rings is 1. The summed E-state index contributed by atoms with van der Waals surface area (Å²) in [6, 6.07) is 6.88. The Morgan fingerprint density at radius 2 is 1.41 bits per heavy atom. The molecule has 3 aromatic rings. The second-order valence-electron chi connectivity index (χ2n) is 12.8. The van der Waals surface area contributed by atoms with Crippen LogP contribution in [0.1, 0.15) is 63.2 Å². The van der Waals surface area contributed by atoms with Gasteiger partial charge in [0.05, 0.1) is 22.0 Å². The molecule has 0 fully saturated rings. The highest BCUT2D eigenvalue weighted by molar-refractivity contribution is 7.46. The fourth-order valence-electron chi connectivity index (χ4n) is 6.27. The summed E-state index contributed by atoms with van der Waals surface area (Å²) < 4.78 is 62.7. The lowest BCUT2D eigenvalue weighted by molar-refractivity contribution is -0.194. The number of carbonyl (C=O) groups is 1. The van der Waals surface area contributed by atoms with Crippen molar-refractivity contribution in [3.63, 3.8) is 0 Å². The molecule has 238 valence electrons. The van der Waals surface area contributed by atoms with Crippen LogP contribution < -0.4 is 15.4 Å². The van der Waals surface area contributed by atoms with Gasteiger partial charge in [0.1, 0.15) is 12.5 Å². The summed E-state index contributed by atoms with van der Waals surface area (Å²) in [5.74, 6) is -3.78. The van der Waals surface area contributed by atoms with E-state index in [1.807, 2.05) is 0 Å². The molecule has 9 nitrogen and oxygen atoms in total. The molecule has 14 heteroatoms. The van der Waals surface area contributed by atoms with E-state index in [-0.39, 0.29) is 45.6 Å². The van der Waals surface area contributed by atoms with Crippen molar-refractivity contribution in [2.45, 2.75) is 61.1 Å². The van der Waals surface area contributed by atoms with E-state index in [0.717, 1.165) is 22.8 Å². The highest BCUT2D eigenvalue weighted by atomic mass is 35.5. The Labute approximate surface area is 258 Å². The predicted octanol–water partition coefficient (Wildman–Crippen LogP) is 7.15. The fraction of sp³-hybridized carbons (Fsp3) is 0.400. The zero-order valence-electron chi connectivity index (χ0n) is 25.5. The predicted molar refractivity (Wildman–Crippen MR) is 162 cm³/mol. The SMILES string of the molecule is Cc1c(N2CN(c3ccc(=O)n(C(OP(=O)(O)O)(C(C)(C)C)C(C)(C)C)c3C)C(=O)c3cc(F)c(Cl)cc32)ccc(F)c1F. The Morgan fingerprint density at radius 3 is 1.95 bits per heavy atom. The Hall–Kier alpha value is -3.15. The number of benzene rings is 2. The van der Waals surface area contributed by atoms with E-state index in [2.05, 4.69) is 0 Å². The first-order chi connectivity index (χ1) is 20.0. The number of halogens is 4. The van der Waals surface area contributed by atoms with E-state index in [4.69, 9.17) is 16.1 Å². The molecule has 0 saturated heterocycles. The topological polar surface area (TPSA) is 112 Å². The summed E-state index contributed by atoms with van der Waals surface area (Å²) in [6.07, 6.45) is 0. The van der Waals surface area contributed by atoms with E-state index in [1.54, 1.807) is 41.5 Å². The van der Waals surface area contributed by atoms with E-state index in [9.17, 15) is 37.1 Å². The standard InChI is InChI=1S/C30H34ClF3N3O6P/c1-16-22(10-9-20(32)26(16)34)35-15-36(27(39)18-13-21(33)19(31)14-24(18)35)23-11-12-25(38)37(17(23)2)30(28(3,4)5,29(6,7)8)43-44(40,41)42/h9-14H,15H2,1-8H3,(H2,40,41,42). The van der Waals surface area contributed by atoms with Crippen molar-refractivity contribution in [1.82, 2.24) is 4.57 Å². The van der Waals surface area contributed by atoms with Gasteiger partial charge >= 0.3 is 7.82 Å². The second kappa shape index (κ2) is 11.0. The minimum absolute atomic E-state index is 0.0816. The molecule has 2 N–H and O–H groups in total. The quantitative estimate of drug-likeness (QED) is 0.281. The van der Waals surface area contributed by atoms with Crippen molar-refractivity contribution in [3.05, 3.63) is 86.0 Å². The third-order valence-corrected chi connectivity index (χ3v) is 8.68. The molecule has 1 aromatic heterocycles. The molecule has 0 atom stereocenters. The van der Waals surface area contributed by atoms with Crippen molar-refractivity contribution in [2.75, 3.05) is 16.5 Å². The molecule has 2 heterocycles. The van der Waals surface area contributed by atoms with Crippen LogP contribution in [0.15, 0.2) is 41.2 Å². The molecule has 0 aliphatic carbocycles. The van der Waals surface area contributed by atoms with Gasteiger partial charge in [-0.15, -0.1) is 0 Å². The van der Waals surface area contributed by atoms with Gasteiger partial charge in [0.25, 0.3) is 11.5 Å². The number of hydrogen-bond donors (Lipinski definition) is 2. The van der Waals surface area contributed by atoms with Crippen LogP contribution in [-0.2, 0) is 14.8 Å². The maximum absolute atomic E-state index is 14.7. The number of nitrogens with zero attached hydrogens (tertiary/aromatic N) is 3. The summed E-state index contributed by atoms with van der Waals surface area (Å²) in [7, 11) is -5.23. The average Bonchev–Trinajstić information content (AvgIpc) is 2.87. The van der Waals surface area contributed by atoms with Gasteiger partial charge in [0.15, 0.2) is 17.4 Å². The van der Waals surface area contributed by atoms with Gasteiger partial charge in [0.2, 0.25) is 0 Å². The Balaban J connectivity index is 2.05. The number of aromatic nitrogens is 1. The minimum atomic E-state index is -5.23. The van der Waals surface area contributed by atoms with Gasteiger partial charge < -0.3 is 14.7 Å². The molecule has 0 radical (unpaired) electrons. The van der Waals surface area contributed by atoms with Gasteiger partial charge in [-0.2, -0.15) is 0 Å². The Bertz CT molecular complexity index is 1760. The lowest BCUT2D eigenvalue weighted by Crippen LogP contribution is -2.60. The minimum Gasteiger partial charge on any atom is -0.322 e. The molecule has 0 saturated carbocycles. The molecular formula is C30H34ClF3N3O6P. The van der Waals surface area contributed by atoms with E-state index in [1.165, 1.54) is 41.8 Å². The van der Waals surface area contributed by atoms with Crippen LogP contribution in [0.4, 0.5) is 30.2 Å². The van der Waals surface area contributed by atoms with Gasteiger partial charge in [-0.25, -0.2) is 17.7 Å². The molecular weight excluding hydrogens is 622 g/mol. The molecule has 0 bridgehead atoms. The largest absolute Gasteiger partial charge is 0.471 e. The summed E-state index contributed by atoms with van der Waals surface area (Å²) >= 11 is 6.07. The molecule has 2 aromatic carbocycles. The molecule has 0 spiro atoms. The van der Waals surface area contributed by atoms with Crippen LogP contribution in [0.2, 0.25) is 5.02 Å². The van der Waals surface area contributed by atoms with Crippen molar-refractivity contribution in [1.29, 1.82) is 0 Å². The first kappa shape index (κ1) is 33.7. The summed E-state index contributed by atoms with van der Waals surface area (Å²) in [6.45, 7) is 12.5. The number of rotatable bonds is 5. The second-order valence-corrected chi connectivity index (χ2v) is 14.4. The monoisotopic (exact) mass is 655 g/mol. The first-order valence-corrected chi connectivity index (χ1v) is 15.5. The van der Waals surface area contributed by atoms with Crippen molar-refractivity contribution >= 4 is 42.4 Å². The van der Waals surface area contributed by atoms with Crippen LogP contribution in [-0.4, -0.2) is 26.9 Å². The molecule has 4 rings (SSSR count). The molecule has 44 heavy (non-hydrogen) atoms. The van der Waals surface area contributed by atoms with E-state index >= 15 is 0 Å². The number of phosphoric ester groups is 1. The molecule has 1 amide bonds. The van der Waals surface area contributed by atoms with E-state index in [0.29, 0.717) is 0 Å². The Kier molecular flexibility index (Phi) is 8.46. The van der Waals surface area contributed by atoms with Crippen LogP contribution in [0.25, 0.3) is 0 Å². The number of hydrogen-bond acceptors (Lipinski definition) is 5. The van der Waals surface area contributed by atoms with Crippen LogP contribution in [0, 0.1) is 42.1 Å². The molecule has 1 aliphatic rings. The van der Waals surface area contributed by atoms with Gasteiger partial charge in [-0.3, -0.25) is 23.6 Å². The average molecular weight is 656 g/mol.